The molecule has 0 fully saturated rings. The molecule has 0 saturated carbocycles. The molecule has 15 heavy (non-hydrogen) atoms. The largest absolute Gasteiger partial charge is 0.478 e. The number of rotatable bonds is 3. The van der Waals surface area contributed by atoms with E-state index in [1.807, 2.05) is 30.3 Å². The van der Waals surface area contributed by atoms with Crippen molar-refractivity contribution in [2.24, 2.45) is 0 Å². The predicted octanol–water partition coefficient (Wildman–Crippen LogP) is 2.46. The molecule has 2 nitrogen and oxygen atoms in total. The van der Waals surface area contributed by atoms with E-state index in [9.17, 15) is 4.79 Å². The van der Waals surface area contributed by atoms with Gasteiger partial charge in [-0.15, -0.1) is 0 Å². The molecule has 0 aromatic heterocycles. The molecular formula is C13H12O2. The lowest BCUT2D eigenvalue weighted by Crippen LogP contribution is -1.85. The molecule has 1 rings (SSSR count). The molecule has 0 atom stereocenters. The van der Waals surface area contributed by atoms with E-state index in [1.54, 1.807) is 6.08 Å². The van der Waals surface area contributed by atoms with Crippen LogP contribution in [0.1, 0.15) is 18.4 Å². The van der Waals surface area contributed by atoms with E-state index in [0.29, 0.717) is 12.8 Å². The molecule has 0 radical (unpaired) electrons. The first kappa shape index (κ1) is 11.1. The minimum Gasteiger partial charge on any atom is -0.478 e. The fraction of sp³-hybridized carbons (Fsp3) is 0.154. The number of carboxylic acid groups (broad SMARTS) is 1. The average Bonchev–Trinajstić information content (AvgIpc) is 2.24. The highest BCUT2D eigenvalue weighted by Gasteiger charge is 1.84. The van der Waals surface area contributed by atoms with Gasteiger partial charge in [-0.05, 0) is 18.6 Å². The van der Waals surface area contributed by atoms with E-state index < -0.39 is 5.97 Å². The lowest BCUT2D eigenvalue weighted by molar-refractivity contribution is -0.131. The molecule has 1 aromatic carbocycles. The Bertz CT molecular complexity index is 394. The maximum atomic E-state index is 10.1. The molecule has 0 aliphatic carbocycles. The summed E-state index contributed by atoms with van der Waals surface area (Å²) in [5.41, 5.74) is 0.986. The molecule has 0 unspecified atom stereocenters. The minimum atomic E-state index is -0.911. The van der Waals surface area contributed by atoms with Crippen LogP contribution in [0.4, 0.5) is 0 Å². The lowest BCUT2D eigenvalue weighted by Gasteiger charge is -1.86. The maximum absolute atomic E-state index is 10.1. The van der Waals surface area contributed by atoms with E-state index in [1.165, 1.54) is 0 Å². The maximum Gasteiger partial charge on any atom is 0.327 e. The van der Waals surface area contributed by atoms with Crippen LogP contribution in [0.25, 0.3) is 0 Å². The smallest absolute Gasteiger partial charge is 0.327 e. The molecule has 0 heterocycles. The summed E-state index contributed by atoms with van der Waals surface area (Å²) in [6.07, 6.45) is 4.11. The van der Waals surface area contributed by atoms with Gasteiger partial charge >= 0.3 is 5.97 Å². The Morgan fingerprint density at radius 3 is 2.73 bits per heavy atom. The molecule has 0 aliphatic rings. The van der Waals surface area contributed by atoms with E-state index in [4.69, 9.17) is 5.11 Å². The molecule has 1 aromatic rings. The van der Waals surface area contributed by atoms with Gasteiger partial charge in [0.15, 0.2) is 0 Å². The van der Waals surface area contributed by atoms with E-state index in [0.717, 1.165) is 11.6 Å². The third-order valence-corrected chi connectivity index (χ3v) is 1.70. The predicted molar refractivity (Wildman–Crippen MR) is 59.3 cm³/mol. The van der Waals surface area contributed by atoms with Crippen molar-refractivity contribution in [3.05, 3.63) is 48.0 Å². The fourth-order valence-electron chi connectivity index (χ4n) is 1.03. The summed E-state index contributed by atoms with van der Waals surface area (Å²) >= 11 is 0. The normalized spacial score (nSPS) is 9.60. The first-order valence-corrected chi connectivity index (χ1v) is 4.72. The van der Waals surface area contributed by atoms with Crippen LogP contribution < -0.4 is 0 Å². The number of allylic oxidation sites excluding steroid dienone is 1. The summed E-state index contributed by atoms with van der Waals surface area (Å²) in [6, 6.07) is 9.71. The van der Waals surface area contributed by atoms with Crippen LogP contribution in [0.15, 0.2) is 42.5 Å². The first-order valence-electron chi connectivity index (χ1n) is 4.72. The Morgan fingerprint density at radius 2 is 2.07 bits per heavy atom. The van der Waals surface area contributed by atoms with Gasteiger partial charge in [0, 0.05) is 18.1 Å². The quantitative estimate of drug-likeness (QED) is 0.462. The molecule has 1 N–H and O–H groups in total. The highest BCUT2D eigenvalue weighted by Crippen LogP contribution is 1.96. The molecule has 0 bridgehead atoms. The summed E-state index contributed by atoms with van der Waals surface area (Å²) in [5, 5.41) is 8.33. The van der Waals surface area contributed by atoms with Gasteiger partial charge in [0.2, 0.25) is 0 Å². The number of hydrogen-bond acceptors (Lipinski definition) is 1. The van der Waals surface area contributed by atoms with Gasteiger partial charge in [-0.25, -0.2) is 4.79 Å². The summed E-state index contributed by atoms with van der Waals surface area (Å²) < 4.78 is 0. The van der Waals surface area contributed by atoms with Gasteiger partial charge in [-0.1, -0.05) is 36.1 Å². The second kappa shape index (κ2) is 6.44. The van der Waals surface area contributed by atoms with E-state index in [2.05, 4.69) is 11.8 Å². The monoisotopic (exact) mass is 200 g/mol. The van der Waals surface area contributed by atoms with Gasteiger partial charge < -0.3 is 5.11 Å². The molecule has 0 spiro atoms. The Labute approximate surface area is 89.3 Å². The SMILES string of the molecule is O=C(O)C=CCCC#Cc1ccccc1. The molecule has 0 saturated heterocycles. The Kier molecular flexibility index (Phi) is 4.75. The zero-order valence-corrected chi connectivity index (χ0v) is 8.31. The highest BCUT2D eigenvalue weighted by atomic mass is 16.4. The van der Waals surface area contributed by atoms with E-state index in [-0.39, 0.29) is 0 Å². The van der Waals surface area contributed by atoms with Crippen molar-refractivity contribution in [2.45, 2.75) is 12.8 Å². The second-order valence-electron chi connectivity index (χ2n) is 2.95. The Hall–Kier alpha value is -2.01. The third kappa shape index (κ3) is 5.33. The van der Waals surface area contributed by atoms with Crippen molar-refractivity contribution >= 4 is 5.97 Å². The summed E-state index contributed by atoms with van der Waals surface area (Å²) in [4.78, 5) is 10.1. The molecule has 0 amide bonds. The lowest BCUT2D eigenvalue weighted by atomic mass is 10.2. The first-order chi connectivity index (χ1) is 7.29. The fourth-order valence-corrected chi connectivity index (χ4v) is 1.03. The van der Waals surface area contributed by atoms with Crippen molar-refractivity contribution in [1.82, 2.24) is 0 Å². The Morgan fingerprint density at radius 1 is 1.33 bits per heavy atom. The summed E-state index contributed by atoms with van der Waals surface area (Å²) in [7, 11) is 0. The number of carboxylic acids is 1. The van der Waals surface area contributed by atoms with Crippen molar-refractivity contribution in [3.8, 4) is 11.8 Å². The molecular weight excluding hydrogens is 188 g/mol. The standard InChI is InChI=1S/C13H12O2/c14-13(15)11-7-2-1-4-8-12-9-5-3-6-10-12/h3,5-7,9-11H,1-2H2,(H,14,15). The van der Waals surface area contributed by atoms with Gasteiger partial charge in [-0.2, -0.15) is 0 Å². The Balaban J connectivity index is 2.32. The van der Waals surface area contributed by atoms with Gasteiger partial charge in [0.05, 0.1) is 0 Å². The van der Waals surface area contributed by atoms with Crippen LogP contribution in [-0.4, -0.2) is 11.1 Å². The van der Waals surface area contributed by atoms with E-state index >= 15 is 0 Å². The van der Waals surface area contributed by atoms with Gasteiger partial charge in [-0.3, -0.25) is 0 Å². The molecule has 2 heteroatoms. The summed E-state index contributed by atoms with van der Waals surface area (Å²) in [5.74, 6) is 5.07. The highest BCUT2D eigenvalue weighted by molar-refractivity contribution is 5.79. The van der Waals surface area contributed by atoms with Crippen LogP contribution >= 0.6 is 0 Å². The van der Waals surface area contributed by atoms with Crippen LogP contribution in [0.5, 0.6) is 0 Å². The van der Waals surface area contributed by atoms with Crippen molar-refractivity contribution in [1.29, 1.82) is 0 Å². The number of unbranched alkanes of at least 4 members (excludes halogenated alkanes) is 1. The second-order valence-corrected chi connectivity index (χ2v) is 2.95. The van der Waals surface area contributed by atoms with Crippen LogP contribution in [0.3, 0.4) is 0 Å². The summed E-state index contributed by atoms with van der Waals surface area (Å²) in [6.45, 7) is 0. The number of benzene rings is 1. The van der Waals surface area contributed by atoms with Crippen molar-refractivity contribution in [2.75, 3.05) is 0 Å². The average molecular weight is 200 g/mol. The number of carbonyl (C=O) groups is 1. The van der Waals surface area contributed by atoms with Crippen LogP contribution in [0, 0.1) is 11.8 Å². The van der Waals surface area contributed by atoms with Gasteiger partial charge in [0.25, 0.3) is 0 Å². The minimum absolute atomic E-state index is 0.673. The van der Waals surface area contributed by atoms with Crippen LogP contribution in [0.2, 0.25) is 0 Å². The topological polar surface area (TPSA) is 37.3 Å². The zero-order valence-electron chi connectivity index (χ0n) is 8.31. The number of aliphatic carboxylic acids is 1. The number of hydrogen-bond donors (Lipinski definition) is 1. The van der Waals surface area contributed by atoms with Crippen molar-refractivity contribution < 1.29 is 9.90 Å². The third-order valence-electron chi connectivity index (χ3n) is 1.70. The van der Waals surface area contributed by atoms with Crippen molar-refractivity contribution in [3.63, 3.8) is 0 Å². The molecule has 76 valence electrons. The zero-order chi connectivity index (χ0) is 10.9. The van der Waals surface area contributed by atoms with Crippen LogP contribution in [-0.2, 0) is 4.79 Å². The molecule has 0 aliphatic heterocycles. The van der Waals surface area contributed by atoms with Gasteiger partial charge in [0.1, 0.15) is 0 Å².